The Bertz CT molecular complexity index is 268. The maximum absolute atomic E-state index is 10.3. The molecule has 6 heteroatoms. The number of nitriles is 1. The second kappa shape index (κ2) is 3.19. The number of nitrogens with two attached hydrogens (primary N) is 1. The Morgan fingerprint density at radius 3 is 3.08 bits per heavy atom. The molecule has 0 aromatic carbocycles. The van der Waals surface area contributed by atoms with Gasteiger partial charge in [0.2, 0.25) is 0 Å². The zero-order valence-corrected chi connectivity index (χ0v) is 6.10. The first-order chi connectivity index (χ1) is 5.65. The van der Waals surface area contributed by atoms with E-state index >= 15 is 0 Å². The van der Waals surface area contributed by atoms with Crippen molar-refractivity contribution in [1.29, 1.82) is 5.26 Å². The average Bonchev–Trinajstić information content (AvgIpc) is 2.50. The van der Waals surface area contributed by atoms with Crippen LogP contribution in [0, 0.1) is 11.3 Å². The molecule has 0 aliphatic carbocycles. The molecule has 0 radical (unpaired) electrons. The van der Waals surface area contributed by atoms with Crippen LogP contribution in [0.4, 0.5) is 0 Å². The lowest BCUT2D eigenvalue weighted by molar-refractivity contribution is -0.141. The molecule has 1 heterocycles. The van der Waals surface area contributed by atoms with E-state index < -0.39 is 18.1 Å². The Hall–Kier alpha value is -1.61. The van der Waals surface area contributed by atoms with Crippen molar-refractivity contribution in [3.05, 3.63) is 0 Å². The Balaban J connectivity index is 2.52. The van der Waals surface area contributed by atoms with E-state index in [2.05, 4.69) is 9.99 Å². The van der Waals surface area contributed by atoms with Crippen molar-refractivity contribution < 1.29 is 14.7 Å². The molecule has 1 aliphatic rings. The van der Waals surface area contributed by atoms with E-state index in [1.807, 2.05) is 0 Å². The van der Waals surface area contributed by atoms with Gasteiger partial charge >= 0.3 is 5.97 Å². The number of rotatable bonds is 2. The molecule has 64 valence electrons. The summed E-state index contributed by atoms with van der Waals surface area (Å²) in [4.78, 5) is 15.0. The molecule has 1 aliphatic heterocycles. The van der Waals surface area contributed by atoms with Gasteiger partial charge in [0.1, 0.15) is 12.1 Å². The van der Waals surface area contributed by atoms with E-state index in [4.69, 9.17) is 16.1 Å². The summed E-state index contributed by atoms with van der Waals surface area (Å²) in [6.45, 7) is 0. The maximum atomic E-state index is 10.3. The summed E-state index contributed by atoms with van der Waals surface area (Å²) < 4.78 is 0. The lowest BCUT2D eigenvalue weighted by Gasteiger charge is -2.11. The minimum Gasteiger partial charge on any atom is -0.480 e. The van der Waals surface area contributed by atoms with E-state index in [1.165, 1.54) is 0 Å². The Morgan fingerprint density at radius 2 is 2.67 bits per heavy atom. The molecule has 0 saturated carbocycles. The molecule has 12 heavy (non-hydrogen) atoms. The standard InChI is InChI=1S/C6H7N3O3/c7-2-3-1-4(12-9-3)5(8)6(10)11/h4-5H,1,8H2,(H,10,11). The minimum atomic E-state index is -1.16. The molecule has 1 rings (SSSR count). The van der Waals surface area contributed by atoms with Gasteiger partial charge in [0, 0.05) is 6.42 Å². The number of carbonyl (C=O) groups is 1. The normalized spacial score (nSPS) is 23.7. The number of aliphatic carboxylic acids is 1. The van der Waals surface area contributed by atoms with E-state index in [0.29, 0.717) is 0 Å². The lowest BCUT2D eigenvalue weighted by atomic mass is 10.1. The summed E-state index contributed by atoms with van der Waals surface area (Å²) in [7, 11) is 0. The van der Waals surface area contributed by atoms with Crippen molar-refractivity contribution >= 4 is 11.7 Å². The zero-order chi connectivity index (χ0) is 9.14. The molecule has 2 unspecified atom stereocenters. The molecule has 0 saturated heterocycles. The highest BCUT2D eigenvalue weighted by Crippen LogP contribution is 2.12. The van der Waals surface area contributed by atoms with E-state index in [9.17, 15) is 4.79 Å². The number of hydrogen-bond donors (Lipinski definition) is 2. The van der Waals surface area contributed by atoms with Gasteiger partial charge in [-0.1, -0.05) is 5.16 Å². The number of carboxylic acid groups (broad SMARTS) is 1. The van der Waals surface area contributed by atoms with Crippen LogP contribution in [-0.2, 0) is 9.63 Å². The fourth-order valence-electron chi connectivity index (χ4n) is 0.814. The number of carboxylic acids is 1. The number of hydrogen-bond acceptors (Lipinski definition) is 5. The fraction of sp³-hybridized carbons (Fsp3) is 0.500. The van der Waals surface area contributed by atoms with Crippen LogP contribution in [0.5, 0.6) is 0 Å². The minimum absolute atomic E-state index is 0.171. The van der Waals surface area contributed by atoms with Gasteiger partial charge in [-0.15, -0.1) is 0 Å². The highest BCUT2D eigenvalue weighted by Gasteiger charge is 2.31. The molecule has 6 nitrogen and oxygen atoms in total. The van der Waals surface area contributed by atoms with Crippen LogP contribution in [0.2, 0.25) is 0 Å². The quantitative estimate of drug-likeness (QED) is 0.554. The number of nitrogens with zero attached hydrogens (tertiary/aromatic N) is 2. The molecular formula is C6H7N3O3. The topological polar surface area (TPSA) is 109 Å². The molecule has 0 amide bonds. The molecule has 0 aromatic rings. The van der Waals surface area contributed by atoms with Gasteiger partial charge in [-0.2, -0.15) is 5.26 Å². The predicted octanol–water partition coefficient (Wildman–Crippen LogP) is -0.933. The van der Waals surface area contributed by atoms with E-state index in [1.54, 1.807) is 6.07 Å². The molecular weight excluding hydrogens is 162 g/mol. The van der Waals surface area contributed by atoms with Crippen LogP contribution >= 0.6 is 0 Å². The fourth-order valence-corrected chi connectivity index (χ4v) is 0.814. The Kier molecular flexibility index (Phi) is 2.26. The molecule has 0 bridgehead atoms. The summed E-state index contributed by atoms with van der Waals surface area (Å²) >= 11 is 0. The second-order valence-corrected chi connectivity index (χ2v) is 2.36. The highest BCUT2D eigenvalue weighted by atomic mass is 16.6. The van der Waals surface area contributed by atoms with Gasteiger partial charge in [-0.3, -0.25) is 4.79 Å². The first-order valence-corrected chi connectivity index (χ1v) is 3.26. The second-order valence-electron chi connectivity index (χ2n) is 2.36. The van der Waals surface area contributed by atoms with Gasteiger partial charge in [-0.25, -0.2) is 0 Å². The summed E-state index contributed by atoms with van der Waals surface area (Å²) in [5.41, 5.74) is 5.41. The van der Waals surface area contributed by atoms with Crippen molar-refractivity contribution in [2.75, 3.05) is 0 Å². The average molecular weight is 169 g/mol. The first-order valence-electron chi connectivity index (χ1n) is 3.26. The third kappa shape index (κ3) is 1.52. The highest BCUT2D eigenvalue weighted by molar-refractivity contribution is 5.99. The summed E-state index contributed by atoms with van der Waals surface area (Å²) in [6.07, 6.45) is -0.540. The largest absolute Gasteiger partial charge is 0.480 e. The van der Waals surface area contributed by atoms with Gasteiger partial charge in [-0.05, 0) is 0 Å². The summed E-state index contributed by atoms with van der Waals surface area (Å²) in [5.74, 6) is -1.16. The van der Waals surface area contributed by atoms with Crippen LogP contribution in [0.1, 0.15) is 6.42 Å². The van der Waals surface area contributed by atoms with Crippen LogP contribution in [-0.4, -0.2) is 28.9 Å². The van der Waals surface area contributed by atoms with Gasteiger partial charge in [0.25, 0.3) is 0 Å². The third-order valence-corrected chi connectivity index (χ3v) is 1.51. The summed E-state index contributed by atoms with van der Waals surface area (Å²) in [5, 5.41) is 20.2. The Morgan fingerprint density at radius 1 is 2.00 bits per heavy atom. The lowest BCUT2D eigenvalue weighted by Crippen LogP contribution is -2.41. The monoisotopic (exact) mass is 169 g/mol. The first kappa shape index (κ1) is 8.49. The molecule has 0 aromatic heterocycles. The van der Waals surface area contributed by atoms with E-state index in [0.717, 1.165) is 0 Å². The van der Waals surface area contributed by atoms with Gasteiger partial charge in [0.15, 0.2) is 11.8 Å². The van der Waals surface area contributed by atoms with Crippen molar-refractivity contribution in [1.82, 2.24) is 0 Å². The maximum Gasteiger partial charge on any atom is 0.324 e. The zero-order valence-electron chi connectivity index (χ0n) is 6.10. The SMILES string of the molecule is N#CC1=NOC(C(N)C(=O)O)C1. The molecule has 0 fully saturated rings. The van der Waals surface area contributed by atoms with Crippen molar-refractivity contribution in [3.8, 4) is 6.07 Å². The third-order valence-electron chi connectivity index (χ3n) is 1.51. The molecule has 2 atom stereocenters. The predicted molar refractivity (Wildman–Crippen MR) is 38.1 cm³/mol. The molecule has 3 N–H and O–H groups in total. The Labute approximate surface area is 68.2 Å². The van der Waals surface area contributed by atoms with Crippen LogP contribution in [0.3, 0.4) is 0 Å². The van der Waals surface area contributed by atoms with Crippen molar-refractivity contribution in [2.24, 2.45) is 10.9 Å². The molecule has 0 spiro atoms. The van der Waals surface area contributed by atoms with Crippen LogP contribution in [0.25, 0.3) is 0 Å². The van der Waals surface area contributed by atoms with Crippen molar-refractivity contribution in [3.63, 3.8) is 0 Å². The van der Waals surface area contributed by atoms with E-state index in [-0.39, 0.29) is 12.1 Å². The smallest absolute Gasteiger partial charge is 0.324 e. The van der Waals surface area contributed by atoms with Crippen molar-refractivity contribution in [2.45, 2.75) is 18.6 Å². The van der Waals surface area contributed by atoms with Gasteiger partial charge in [0.05, 0.1) is 0 Å². The summed E-state index contributed by atoms with van der Waals surface area (Å²) in [6, 6.07) is 0.639. The van der Waals surface area contributed by atoms with Crippen LogP contribution in [0.15, 0.2) is 5.16 Å². The number of oxime groups is 1. The van der Waals surface area contributed by atoms with Crippen LogP contribution < -0.4 is 5.73 Å². The van der Waals surface area contributed by atoms with Gasteiger partial charge < -0.3 is 15.7 Å².